The summed E-state index contributed by atoms with van der Waals surface area (Å²) in [5, 5.41) is 0. The van der Waals surface area contributed by atoms with Gasteiger partial charge in [-0.3, -0.25) is 4.79 Å². The second-order valence-electron chi connectivity index (χ2n) is 6.82. The third kappa shape index (κ3) is 2.36. The molecule has 0 unspecified atom stereocenters. The summed E-state index contributed by atoms with van der Waals surface area (Å²) in [5.41, 5.74) is 5.23. The molecular formula is C24H16O3. The van der Waals surface area contributed by atoms with Gasteiger partial charge in [0.05, 0.1) is 5.57 Å². The van der Waals surface area contributed by atoms with Gasteiger partial charge in [0.15, 0.2) is 0 Å². The van der Waals surface area contributed by atoms with Crippen molar-refractivity contribution in [3.8, 4) is 0 Å². The van der Waals surface area contributed by atoms with Crippen LogP contribution in [0.1, 0.15) is 28.2 Å². The maximum atomic E-state index is 12.7. The van der Waals surface area contributed by atoms with E-state index >= 15 is 0 Å². The summed E-state index contributed by atoms with van der Waals surface area (Å²) in [5.74, 6) is -1.85. The van der Waals surface area contributed by atoms with Crippen LogP contribution in [0.2, 0.25) is 0 Å². The fourth-order valence-electron chi connectivity index (χ4n) is 4.28. The molecule has 0 spiro atoms. The Morgan fingerprint density at radius 3 is 2.04 bits per heavy atom. The highest BCUT2D eigenvalue weighted by molar-refractivity contribution is 6.16. The van der Waals surface area contributed by atoms with Crippen molar-refractivity contribution in [2.45, 2.75) is 5.92 Å². The molecule has 0 bridgehead atoms. The van der Waals surface area contributed by atoms with Crippen LogP contribution in [0.4, 0.5) is 0 Å². The monoisotopic (exact) mass is 352 g/mol. The van der Waals surface area contributed by atoms with Crippen LogP contribution < -0.4 is 0 Å². The number of benzene rings is 3. The molecule has 27 heavy (non-hydrogen) atoms. The van der Waals surface area contributed by atoms with Crippen molar-refractivity contribution >= 4 is 17.5 Å². The van der Waals surface area contributed by atoms with Crippen molar-refractivity contribution in [3.05, 3.63) is 113 Å². The van der Waals surface area contributed by atoms with Crippen LogP contribution in [-0.4, -0.2) is 11.9 Å². The SMILES string of the molecule is O=C1OC(=O)[C@H]2C1=C(c1ccccc1)c1ccccc1[C@@H]2c1ccccc1. The van der Waals surface area contributed by atoms with Crippen molar-refractivity contribution in [3.63, 3.8) is 0 Å². The Hall–Kier alpha value is -3.46. The highest BCUT2D eigenvalue weighted by Crippen LogP contribution is 2.50. The standard InChI is InChI=1S/C24H16O3/c25-23-21-19(15-9-3-1-4-10-15)17-13-7-8-14-18(17)20(22(21)24(26)27-23)16-11-5-2-6-12-16/h1-14,19,21H/t19-,21+/m0/s1. The minimum Gasteiger partial charge on any atom is -0.389 e. The van der Waals surface area contributed by atoms with Crippen molar-refractivity contribution < 1.29 is 14.3 Å². The molecule has 0 aromatic heterocycles. The van der Waals surface area contributed by atoms with E-state index in [4.69, 9.17) is 4.74 Å². The Bertz CT molecular complexity index is 1080. The van der Waals surface area contributed by atoms with E-state index in [9.17, 15) is 9.59 Å². The quantitative estimate of drug-likeness (QED) is 0.509. The lowest BCUT2D eigenvalue weighted by Crippen LogP contribution is -2.26. The molecule has 0 radical (unpaired) electrons. The Kier molecular flexibility index (Phi) is 3.54. The number of hydrogen-bond donors (Lipinski definition) is 0. The zero-order valence-electron chi connectivity index (χ0n) is 14.5. The lowest BCUT2D eigenvalue weighted by atomic mass is 9.68. The average Bonchev–Trinajstić information content (AvgIpc) is 3.01. The summed E-state index contributed by atoms with van der Waals surface area (Å²) in [6.45, 7) is 0. The number of cyclic esters (lactones) is 2. The van der Waals surface area contributed by atoms with Crippen LogP contribution in [0.5, 0.6) is 0 Å². The van der Waals surface area contributed by atoms with E-state index in [0.29, 0.717) is 5.57 Å². The van der Waals surface area contributed by atoms with E-state index in [1.54, 1.807) is 0 Å². The predicted molar refractivity (Wildman–Crippen MR) is 102 cm³/mol. The van der Waals surface area contributed by atoms with Crippen molar-refractivity contribution in [2.24, 2.45) is 5.92 Å². The van der Waals surface area contributed by atoms with E-state index < -0.39 is 17.9 Å². The molecule has 1 aliphatic carbocycles. The fraction of sp³-hybridized carbons (Fsp3) is 0.0833. The van der Waals surface area contributed by atoms with Crippen molar-refractivity contribution in [1.82, 2.24) is 0 Å². The number of carbonyl (C=O) groups is 2. The average molecular weight is 352 g/mol. The van der Waals surface area contributed by atoms with E-state index in [1.165, 1.54) is 0 Å². The first-order valence-corrected chi connectivity index (χ1v) is 8.95. The summed E-state index contributed by atoms with van der Waals surface area (Å²) in [6.07, 6.45) is 0. The molecule has 3 aromatic rings. The lowest BCUT2D eigenvalue weighted by molar-refractivity contribution is -0.152. The second-order valence-corrected chi connectivity index (χ2v) is 6.82. The molecule has 0 saturated carbocycles. The number of esters is 2. The third-order valence-electron chi connectivity index (χ3n) is 5.37. The highest BCUT2D eigenvalue weighted by atomic mass is 16.6. The molecule has 3 heteroatoms. The molecule has 0 N–H and O–H groups in total. The molecule has 3 nitrogen and oxygen atoms in total. The van der Waals surface area contributed by atoms with Crippen LogP contribution in [0.25, 0.3) is 5.57 Å². The Morgan fingerprint density at radius 1 is 0.667 bits per heavy atom. The number of ether oxygens (including phenoxy) is 1. The minimum atomic E-state index is -0.620. The Morgan fingerprint density at radius 2 is 1.30 bits per heavy atom. The van der Waals surface area contributed by atoms with Gasteiger partial charge in [-0.05, 0) is 22.3 Å². The van der Waals surface area contributed by atoms with Crippen LogP contribution in [0, 0.1) is 5.92 Å². The van der Waals surface area contributed by atoms with Gasteiger partial charge in [0.1, 0.15) is 5.92 Å². The summed E-state index contributed by atoms with van der Waals surface area (Å²) in [7, 11) is 0. The van der Waals surface area contributed by atoms with Gasteiger partial charge in [0.2, 0.25) is 0 Å². The predicted octanol–water partition coefficient (Wildman–Crippen LogP) is 4.33. The van der Waals surface area contributed by atoms with E-state index in [-0.39, 0.29) is 5.92 Å². The van der Waals surface area contributed by atoms with Crippen molar-refractivity contribution in [2.75, 3.05) is 0 Å². The van der Waals surface area contributed by atoms with Gasteiger partial charge >= 0.3 is 11.9 Å². The molecule has 5 rings (SSSR count). The maximum Gasteiger partial charge on any atom is 0.343 e. The largest absolute Gasteiger partial charge is 0.389 e. The van der Waals surface area contributed by atoms with Gasteiger partial charge in [-0.2, -0.15) is 0 Å². The minimum absolute atomic E-state index is 0.233. The van der Waals surface area contributed by atoms with Crippen LogP contribution in [-0.2, 0) is 14.3 Å². The van der Waals surface area contributed by atoms with Crippen LogP contribution in [0.3, 0.4) is 0 Å². The van der Waals surface area contributed by atoms with Gasteiger partial charge in [-0.25, -0.2) is 4.79 Å². The van der Waals surface area contributed by atoms with E-state index in [0.717, 1.165) is 27.8 Å². The first-order chi connectivity index (χ1) is 13.3. The zero-order chi connectivity index (χ0) is 18.4. The maximum absolute atomic E-state index is 12.7. The van der Waals surface area contributed by atoms with E-state index in [2.05, 4.69) is 0 Å². The van der Waals surface area contributed by atoms with Gasteiger partial charge in [0.25, 0.3) is 0 Å². The molecule has 3 aromatic carbocycles. The van der Waals surface area contributed by atoms with E-state index in [1.807, 2.05) is 84.9 Å². The summed E-state index contributed by atoms with van der Waals surface area (Å²) >= 11 is 0. The molecule has 1 heterocycles. The molecule has 2 atom stereocenters. The smallest absolute Gasteiger partial charge is 0.343 e. The molecule has 1 saturated heterocycles. The number of hydrogen-bond acceptors (Lipinski definition) is 3. The molecular weight excluding hydrogens is 336 g/mol. The first-order valence-electron chi connectivity index (χ1n) is 8.95. The van der Waals surface area contributed by atoms with Gasteiger partial charge < -0.3 is 4.74 Å². The van der Waals surface area contributed by atoms with Gasteiger partial charge in [-0.15, -0.1) is 0 Å². The summed E-state index contributed by atoms with van der Waals surface area (Å²) < 4.78 is 5.11. The lowest BCUT2D eigenvalue weighted by Gasteiger charge is -2.31. The molecule has 1 fully saturated rings. The first kappa shape index (κ1) is 15.8. The molecule has 1 aliphatic heterocycles. The molecule has 2 aliphatic rings. The zero-order valence-corrected chi connectivity index (χ0v) is 14.5. The topological polar surface area (TPSA) is 43.4 Å². The number of carbonyl (C=O) groups excluding carboxylic acids is 2. The number of rotatable bonds is 2. The summed E-state index contributed by atoms with van der Waals surface area (Å²) in [6, 6.07) is 27.6. The molecule has 0 amide bonds. The number of fused-ring (bicyclic) bond motifs is 2. The summed E-state index contributed by atoms with van der Waals surface area (Å²) in [4.78, 5) is 25.4. The van der Waals surface area contributed by atoms with Crippen LogP contribution >= 0.6 is 0 Å². The second kappa shape index (κ2) is 6.06. The Labute approximate surface area is 156 Å². The van der Waals surface area contributed by atoms with Gasteiger partial charge in [0, 0.05) is 11.5 Å². The Balaban J connectivity index is 1.85. The van der Waals surface area contributed by atoms with Crippen molar-refractivity contribution in [1.29, 1.82) is 0 Å². The fourth-order valence-corrected chi connectivity index (χ4v) is 4.28. The molecule has 130 valence electrons. The van der Waals surface area contributed by atoms with Gasteiger partial charge in [-0.1, -0.05) is 84.9 Å². The highest BCUT2D eigenvalue weighted by Gasteiger charge is 2.50. The van der Waals surface area contributed by atoms with Crippen LogP contribution in [0.15, 0.2) is 90.5 Å². The third-order valence-corrected chi connectivity index (χ3v) is 5.37. The normalized spacial score (nSPS) is 20.9.